The molecule has 1 saturated heterocycles. The number of rotatable bonds is 3. The van der Waals surface area contributed by atoms with Crippen LogP contribution in [0.2, 0.25) is 0 Å². The first-order chi connectivity index (χ1) is 11.7. The van der Waals surface area contributed by atoms with Crippen LogP contribution in [0, 0.1) is 5.82 Å². The van der Waals surface area contributed by atoms with Crippen LogP contribution in [-0.4, -0.2) is 37.2 Å². The van der Waals surface area contributed by atoms with Crippen LogP contribution in [-0.2, 0) is 0 Å². The molecule has 1 aromatic carbocycles. The van der Waals surface area contributed by atoms with E-state index in [1.165, 1.54) is 24.3 Å². The van der Waals surface area contributed by atoms with Gasteiger partial charge in [0, 0.05) is 25.3 Å². The number of anilines is 3. The summed E-state index contributed by atoms with van der Waals surface area (Å²) in [4.78, 5) is 18.6. The van der Waals surface area contributed by atoms with Crippen LogP contribution in [0.25, 0.3) is 0 Å². The number of nitrogens with zero attached hydrogens (tertiary/aromatic N) is 2. The topological polar surface area (TPSA) is 69.3 Å². The van der Waals surface area contributed by atoms with Gasteiger partial charge in [0.05, 0.1) is 11.9 Å². The Morgan fingerprint density at radius 1 is 1.04 bits per heavy atom. The minimum Gasteiger partial charge on any atom is -0.355 e. The molecule has 2 aromatic rings. The largest absolute Gasteiger partial charge is 0.355 e. The van der Waals surface area contributed by atoms with Crippen molar-refractivity contribution in [2.24, 2.45) is 0 Å². The van der Waals surface area contributed by atoms with Crippen LogP contribution < -0.4 is 20.9 Å². The van der Waals surface area contributed by atoms with Crippen LogP contribution in [0.3, 0.4) is 0 Å². The third-order valence-corrected chi connectivity index (χ3v) is 3.77. The van der Waals surface area contributed by atoms with E-state index in [0.29, 0.717) is 11.4 Å². The molecule has 2 heterocycles. The lowest BCUT2D eigenvalue weighted by Crippen LogP contribution is -2.28. The van der Waals surface area contributed by atoms with Gasteiger partial charge >= 0.3 is 6.03 Å². The second-order valence-corrected chi connectivity index (χ2v) is 5.58. The second-order valence-electron chi connectivity index (χ2n) is 5.58. The van der Waals surface area contributed by atoms with E-state index in [1.807, 2.05) is 12.1 Å². The number of aromatic nitrogens is 1. The monoisotopic (exact) mass is 329 g/mol. The number of nitrogens with one attached hydrogen (secondary N) is 3. The molecule has 1 aromatic heterocycles. The molecule has 1 fully saturated rings. The first-order valence-corrected chi connectivity index (χ1v) is 7.96. The minimum absolute atomic E-state index is 0.343. The van der Waals surface area contributed by atoms with E-state index >= 15 is 0 Å². The summed E-state index contributed by atoms with van der Waals surface area (Å²) in [6.07, 6.45) is 2.72. The van der Waals surface area contributed by atoms with Gasteiger partial charge in [0.25, 0.3) is 0 Å². The van der Waals surface area contributed by atoms with Crippen molar-refractivity contribution in [2.45, 2.75) is 6.42 Å². The van der Waals surface area contributed by atoms with E-state index in [9.17, 15) is 9.18 Å². The molecule has 3 rings (SSSR count). The summed E-state index contributed by atoms with van der Waals surface area (Å²) in [7, 11) is 0. The first-order valence-electron chi connectivity index (χ1n) is 7.96. The molecular weight excluding hydrogens is 309 g/mol. The van der Waals surface area contributed by atoms with Crippen molar-refractivity contribution in [3.63, 3.8) is 0 Å². The lowest BCUT2D eigenvalue weighted by Gasteiger charge is -2.21. The predicted octanol–water partition coefficient (Wildman–Crippen LogP) is 2.66. The maximum atomic E-state index is 12.8. The molecule has 3 N–H and O–H groups in total. The van der Waals surface area contributed by atoms with Gasteiger partial charge in [0.2, 0.25) is 0 Å². The second kappa shape index (κ2) is 7.74. The highest BCUT2D eigenvalue weighted by atomic mass is 19.1. The number of hydrogen-bond acceptors (Lipinski definition) is 4. The highest BCUT2D eigenvalue weighted by Crippen LogP contribution is 2.16. The van der Waals surface area contributed by atoms with Gasteiger partial charge < -0.3 is 20.9 Å². The fourth-order valence-electron chi connectivity index (χ4n) is 2.55. The molecule has 0 spiro atoms. The molecule has 0 unspecified atom stereocenters. The molecule has 0 aliphatic carbocycles. The van der Waals surface area contributed by atoms with Gasteiger partial charge in [-0.15, -0.1) is 0 Å². The number of amides is 2. The van der Waals surface area contributed by atoms with Gasteiger partial charge in [-0.2, -0.15) is 0 Å². The Balaban J connectivity index is 1.57. The molecule has 0 saturated carbocycles. The summed E-state index contributed by atoms with van der Waals surface area (Å²) in [5.41, 5.74) is 1.13. The number of urea groups is 1. The average Bonchev–Trinajstić information content (AvgIpc) is 2.87. The molecule has 0 bridgehead atoms. The third-order valence-electron chi connectivity index (χ3n) is 3.77. The lowest BCUT2D eigenvalue weighted by atomic mass is 10.3. The zero-order chi connectivity index (χ0) is 16.8. The van der Waals surface area contributed by atoms with Gasteiger partial charge in [-0.3, -0.25) is 0 Å². The molecule has 1 aliphatic rings. The van der Waals surface area contributed by atoms with Crippen molar-refractivity contribution in [2.75, 3.05) is 41.7 Å². The van der Waals surface area contributed by atoms with Crippen LogP contribution >= 0.6 is 0 Å². The van der Waals surface area contributed by atoms with Gasteiger partial charge in [-0.1, -0.05) is 0 Å². The Hall–Kier alpha value is -2.67. The van der Waals surface area contributed by atoms with Crippen LogP contribution in [0.1, 0.15) is 6.42 Å². The smallest absolute Gasteiger partial charge is 0.323 e. The third kappa shape index (κ3) is 4.42. The van der Waals surface area contributed by atoms with E-state index in [4.69, 9.17) is 0 Å². The molecule has 7 heteroatoms. The maximum absolute atomic E-state index is 12.8. The normalized spacial score (nSPS) is 14.8. The summed E-state index contributed by atoms with van der Waals surface area (Å²) < 4.78 is 12.8. The van der Waals surface area contributed by atoms with Crippen molar-refractivity contribution in [3.8, 4) is 0 Å². The van der Waals surface area contributed by atoms with Crippen molar-refractivity contribution < 1.29 is 9.18 Å². The van der Waals surface area contributed by atoms with E-state index in [2.05, 4.69) is 25.8 Å². The van der Waals surface area contributed by atoms with E-state index in [1.54, 1.807) is 6.20 Å². The van der Waals surface area contributed by atoms with Crippen LogP contribution in [0.15, 0.2) is 42.6 Å². The minimum atomic E-state index is -0.393. The lowest BCUT2D eigenvalue weighted by molar-refractivity contribution is 0.262. The number of carbonyl (C=O) groups is 1. The molecule has 1 aliphatic heterocycles. The van der Waals surface area contributed by atoms with Crippen LogP contribution in [0.5, 0.6) is 0 Å². The van der Waals surface area contributed by atoms with E-state index in [-0.39, 0.29) is 5.82 Å². The van der Waals surface area contributed by atoms with Gasteiger partial charge in [-0.05, 0) is 49.4 Å². The molecule has 0 atom stereocenters. The maximum Gasteiger partial charge on any atom is 0.323 e. The molecule has 6 nitrogen and oxygen atoms in total. The van der Waals surface area contributed by atoms with E-state index < -0.39 is 6.03 Å². The summed E-state index contributed by atoms with van der Waals surface area (Å²) in [6.45, 7) is 3.87. The summed E-state index contributed by atoms with van der Waals surface area (Å²) in [6, 6.07) is 8.93. The quantitative estimate of drug-likeness (QED) is 0.810. The van der Waals surface area contributed by atoms with Crippen molar-refractivity contribution in [3.05, 3.63) is 48.4 Å². The molecule has 24 heavy (non-hydrogen) atoms. The number of carbonyl (C=O) groups excluding carboxylic acids is 1. The Morgan fingerprint density at radius 3 is 2.54 bits per heavy atom. The molecule has 2 amide bonds. The number of benzene rings is 1. The fourth-order valence-corrected chi connectivity index (χ4v) is 2.55. The Kier molecular flexibility index (Phi) is 5.22. The molecule has 0 radical (unpaired) electrons. The Morgan fingerprint density at radius 2 is 1.79 bits per heavy atom. The number of hydrogen-bond donors (Lipinski definition) is 3. The van der Waals surface area contributed by atoms with E-state index in [0.717, 1.165) is 38.4 Å². The number of halogens is 1. The Labute approximate surface area is 140 Å². The van der Waals surface area contributed by atoms with Crippen molar-refractivity contribution in [1.29, 1.82) is 0 Å². The standard InChI is InChI=1S/C17H20FN5O/c18-13-2-4-14(5-3-13)21-17(24)22-15-6-7-16(20-12-15)23-10-1-8-19-9-11-23/h2-7,12,19H,1,8-11H2,(H2,21,22,24). The van der Waals surface area contributed by atoms with Crippen molar-refractivity contribution in [1.82, 2.24) is 10.3 Å². The highest BCUT2D eigenvalue weighted by Gasteiger charge is 2.11. The molecule has 126 valence electrons. The number of pyridine rings is 1. The average molecular weight is 329 g/mol. The first kappa shape index (κ1) is 16.2. The van der Waals surface area contributed by atoms with Gasteiger partial charge in [0.1, 0.15) is 11.6 Å². The van der Waals surface area contributed by atoms with Gasteiger partial charge in [-0.25, -0.2) is 14.2 Å². The SMILES string of the molecule is O=C(Nc1ccc(F)cc1)Nc1ccc(N2CCCNCC2)nc1. The zero-order valence-corrected chi connectivity index (χ0v) is 13.3. The summed E-state index contributed by atoms with van der Waals surface area (Å²) in [5.74, 6) is 0.563. The summed E-state index contributed by atoms with van der Waals surface area (Å²) in [5, 5.41) is 8.70. The zero-order valence-electron chi connectivity index (χ0n) is 13.3. The predicted molar refractivity (Wildman–Crippen MR) is 93.0 cm³/mol. The van der Waals surface area contributed by atoms with Crippen molar-refractivity contribution >= 4 is 23.2 Å². The van der Waals surface area contributed by atoms with Crippen LogP contribution in [0.4, 0.5) is 26.4 Å². The fraction of sp³-hybridized carbons (Fsp3) is 0.294. The van der Waals surface area contributed by atoms with Gasteiger partial charge in [0.15, 0.2) is 0 Å². The molecular formula is C17H20FN5O. The highest BCUT2D eigenvalue weighted by molar-refractivity contribution is 5.99. The summed E-state index contributed by atoms with van der Waals surface area (Å²) >= 11 is 0. The Bertz CT molecular complexity index is 666.